The number of ether oxygens (including phenoxy) is 1. The second-order valence-corrected chi connectivity index (χ2v) is 6.27. The molecule has 2 aromatic heterocycles. The van der Waals surface area contributed by atoms with Gasteiger partial charge in [-0.25, -0.2) is 4.98 Å². The number of rotatable bonds is 6. The first kappa shape index (κ1) is 18.7. The molecule has 4 N–H and O–H groups in total. The summed E-state index contributed by atoms with van der Waals surface area (Å²) in [6.07, 6.45) is 7.22. The SMILES string of the molecule is COc1cc(-c2c[nH]c(=O)c(N[C@@H]3CCN(C(=O)/C=C/CN)C3)c2)ccn1. The third-order valence-electron chi connectivity index (χ3n) is 4.44. The van der Waals surface area contributed by atoms with Gasteiger partial charge in [-0.1, -0.05) is 6.08 Å². The van der Waals surface area contributed by atoms with E-state index >= 15 is 0 Å². The van der Waals surface area contributed by atoms with Crippen molar-refractivity contribution in [3.8, 4) is 17.0 Å². The predicted molar refractivity (Wildman–Crippen MR) is 104 cm³/mol. The first-order chi connectivity index (χ1) is 13.1. The number of nitrogens with two attached hydrogens (primary N) is 1. The number of anilines is 1. The molecule has 1 aliphatic rings. The van der Waals surface area contributed by atoms with E-state index in [4.69, 9.17) is 10.5 Å². The molecule has 0 saturated carbocycles. The van der Waals surface area contributed by atoms with Gasteiger partial charge in [0.05, 0.1) is 7.11 Å². The normalized spacial score (nSPS) is 16.7. The minimum Gasteiger partial charge on any atom is -0.481 e. The minimum absolute atomic E-state index is 0.0172. The Morgan fingerprint density at radius 3 is 3.11 bits per heavy atom. The van der Waals surface area contributed by atoms with Gasteiger partial charge in [0.1, 0.15) is 5.69 Å². The van der Waals surface area contributed by atoms with E-state index in [1.165, 1.54) is 6.08 Å². The van der Waals surface area contributed by atoms with Crippen LogP contribution in [-0.4, -0.2) is 53.6 Å². The van der Waals surface area contributed by atoms with Crippen LogP contribution in [0.1, 0.15) is 6.42 Å². The summed E-state index contributed by atoms with van der Waals surface area (Å²) in [5, 5.41) is 3.26. The van der Waals surface area contributed by atoms with Gasteiger partial charge in [-0.3, -0.25) is 9.59 Å². The number of aromatic amines is 1. The minimum atomic E-state index is -0.201. The summed E-state index contributed by atoms with van der Waals surface area (Å²) in [5.74, 6) is 0.444. The average molecular weight is 369 g/mol. The summed E-state index contributed by atoms with van der Waals surface area (Å²) in [6.45, 7) is 1.52. The molecule has 3 rings (SSSR count). The van der Waals surface area contributed by atoms with Crippen LogP contribution in [0.25, 0.3) is 11.1 Å². The lowest BCUT2D eigenvalue weighted by molar-refractivity contribution is -0.125. The molecule has 0 radical (unpaired) electrons. The first-order valence-electron chi connectivity index (χ1n) is 8.76. The summed E-state index contributed by atoms with van der Waals surface area (Å²) in [6, 6.07) is 5.46. The number of hydrogen-bond donors (Lipinski definition) is 3. The van der Waals surface area contributed by atoms with Crippen molar-refractivity contribution in [2.45, 2.75) is 12.5 Å². The predicted octanol–water partition coefficient (Wildman–Crippen LogP) is 0.973. The molecule has 1 atom stereocenters. The highest BCUT2D eigenvalue weighted by atomic mass is 16.5. The van der Waals surface area contributed by atoms with Crippen molar-refractivity contribution in [2.24, 2.45) is 5.73 Å². The lowest BCUT2D eigenvalue weighted by atomic mass is 10.1. The van der Waals surface area contributed by atoms with Crippen LogP contribution < -0.4 is 21.3 Å². The largest absolute Gasteiger partial charge is 0.481 e. The Hall–Kier alpha value is -3.13. The van der Waals surface area contributed by atoms with E-state index in [0.717, 1.165) is 17.5 Å². The van der Waals surface area contributed by atoms with Gasteiger partial charge in [-0.2, -0.15) is 0 Å². The molecular formula is C19H23N5O3. The zero-order valence-corrected chi connectivity index (χ0v) is 15.1. The highest BCUT2D eigenvalue weighted by Gasteiger charge is 2.25. The first-order valence-corrected chi connectivity index (χ1v) is 8.76. The molecule has 0 aromatic carbocycles. The van der Waals surface area contributed by atoms with Crippen LogP contribution in [0, 0.1) is 0 Å². The Balaban J connectivity index is 1.73. The maximum atomic E-state index is 12.2. The van der Waals surface area contributed by atoms with Gasteiger partial charge >= 0.3 is 0 Å². The molecule has 142 valence electrons. The lowest BCUT2D eigenvalue weighted by Crippen LogP contribution is -2.31. The van der Waals surface area contributed by atoms with Gasteiger partial charge < -0.3 is 25.7 Å². The molecule has 1 fully saturated rings. The second-order valence-electron chi connectivity index (χ2n) is 6.27. The smallest absolute Gasteiger partial charge is 0.271 e. The number of nitrogens with zero attached hydrogens (tertiary/aromatic N) is 2. The average Bonchev–Trinajstić information content (AvgIpc) is 3.16. The van der Waals surface area contributed by atoms with Crippen LogP contribution in [-0.2, 0) is 4.79 Å². The summed E-state index contributed by atoms with van der Waals surface area (Å²) >= 11 is 0. The Morgan fingerprint density at radius 1 is 1.48 bits per heavy atom. The molecule has 0 unspecified atom stereocenters. The molecule has 0 aliphatic carbocycles. The zero-order chi connectivity index (χ0) is 19.2. The number of amides is 1. The van der Waals surface area contributed by atoms with Crippen LogP contribution in [0.5, 0.6) is 5.88 Å². The molecule has 8 nitrogen and oxygen atoms in total. The number of H-pyrrole nitrogens is 1. The zero-order valence-electron chi connectivity index (χ0n) is 15.1. The highest BCUT2D eigenvalue weighted by molar-refractivity contribution is 5.87. The summed E-state index contributed by atoms with van der Waals surface area (Å²) in [7, 11) is 1.56. The number of pyridine rings is 2. The topological polar surface area (TPSA) is 113 Å². The van der Waals surface area contributed by atoms with E-state index in [1.54, 1.807) is 42.6 Å². The molecule has 1 saturated heterocycles. The van der Waals surface area contributed by atoms with Crippen molar-refractivity contribution in [2.75, 3.05) is 32.1 Å². The molecule has 1 aliphatic heterocycles. The van der Waals surface area contributed by atoms with Crippen LogP contribution >= 0.6 is 0 Å². The molecule has 0 spiro atoms. The van der Waals surface area contributed by atoms with Gasteiger partial charge in [0.15, 0.2) is 0 Å². The highest BCUT2D eigenvalue weighted by Crippen LogP contribution is 2.23. The van der Waals surface area contributed by atoms with Gasteiger partial charge in [0.2, 0.25) is 11.8 Å². The van der Waals surface area contributed by atoms with Crippen LogP contribution in [0.2, 0.25) is 0 Å². The number of hydrogen-bond acceptors (Lipinski definition) is 6. The number of carbonyl (C=O) groups excluding carboxylic acids is 1. The number of aromatic nitrogens is 2. The number of likely N-dealkylation sites (tertiary alicyclic amines) is 1. The summed E-state index contributed by atoms with van der Waals surface area (Å²) in [5.41, 5.74) is 7.38. The van der Waals surface area contributed by atoms with Crippen LogP contribution in [0.3, 0.4) is 0 Å². The molecular weight excluding hydrogens is 346 g/mol. The summed E-state index contributed by atoms with van der Waals surface area (Å²) in [4.78, 5) is 32.8. The Morgan fingerprint density at radius 2 is 2.33 bits per heavy atom. The van der Waals surface area contributed by atoms with E-state index < -0.39 is 0 Å². The number of carbonyl (C=O) groups is 1. The molecule has 3 heterocycles. The van der Waals surface area contributed by atoms with Gasteiger partial charge in [-0.05, 0) is 24.1 Å². The maximum Gasteiger partial charge on any atom is 0.271 e. The van der Waals surface area contributed by atoms with Crippen molar-refractivity contribution >= 4 is 11.6 Å². The van der Waals surface area contributed by atoms with Gasteiger partial charge in [-0.15, -0.1) is 0 Å². The second kappa shape index (κ2) is 8.50. The van der Waals surface area contributed by atoms with Crippen molar-refractivity contribution in [3.05, 3.63) is 53.1 Å². The fourth-order valence-electron chi connectivity index (χ4n) is 3.03. The summed E-state index contributed by atoms with van der Waals surface area (Å²) < 4.78 is 5.15. The van der Waals surface area contributed by atoms with Crippen LogP contribution in [0.4, 0.5) is 5.69 Å². The molecule has 2 aromatic rings. The van der Waals surface area contributed by atoms with Crippen molar-refractivity contribution in [3.63, 3.8) is 0 Å². The van der Waals surface area contributed by atoms with Crippen molar-refractivity contribution in [1.82, 2.24) is 14.9 Å². The maximum absolute atomic E-state index is 12.2. The Kier molecular flexibility index (Phi) is 5.87. The van der Waals surface area contributed by atoms with Crippen molar-refractivity contribution < 1.29 is 9.53 Å². The molecule has 8 heteroatoms. The third-order valence-corrected chi connectivity index (χ3v) is 4.44. The Bertz CT molecular complexity index is 893. The van der Waals surface area contributed by atoms with Gasteiger partial charge in [0, 0.05) is 55.8 Å². The van der Waals surface area contributed by atoms with E-state index in [2.05, 4.69) is 15.3 Å². The molecule has 1 amide bonds. The monoisotopic (exact) mass is 369 g/mol. The van der Waals surface area contributed by atoms with E-state index in [9.17, 15) is 9.59 Å². The number of methoxy groups -OCH3 is 1. The van der Waals surface area contributed by atoms with Crippen LogP contribution in [0.15, 0.2) is 47.5 Å². The fraction of sp³-hybridized carbons (Fsp3) is 0.316. The van der Waals surface area contributed by atoms with E-state index in [0.29, 0.717) is 31.2 Å². The Labute approximate surface area is 157 Å². The lowest BCUT2D eigenvalue weighted by Gasteiger charge is -2.16. The third kappa shape index (κ3) is 4.53. The molecule has 0 bridgehead atoms. The van der Waals surface area contributed by atoms with Gasteiger partial charge in [0.25, 0.3) is 5.56 Å². The molecule has 27 heavy (non-hydrogen) atoms. The number of nitrogens with one attached hydrogen (secondary N) is 2. The van der Waals surface area contributed by atoms with E-state index in [1.807, 2.05) is 6.07 Å². The van der Waals surface area contributed by atoms with E-state index in [-0.39, 0.29) is 17.5 Å². The standard InChI is InChI=1S/C19H23N5O3/c1-27-17-10-13(4-7-21-17)14-9-16(19(26)22-11-14)23-15-5-8-24(12-15)18(25)3-2-6-20/h2-4,7,9-11,15,23H,5-6,8,12,20H2,1H3,(H,22,26)/b3-2+/t15-/m1/s1. The van der Waals surface area contributed by atoms with Crippen molar-refractivity contribution in [1.29, 1.82) is 0 Å². The fourth-order valence-corrected chi connectivity index (χ4v) is 3.03. The quantitative estimate of drug-likeness (QED) is 0.654.